The smallest absolute Gasteiger partial charge is 0.161 e. The maximum Gasteiger partial charge on any atom is 0.161 e. The molecule has 4 nitrogen and oxygen atoms in total. The fourth-order valence-electron chi connectivity index (χ4n) is 4.62. The Morgan fingerprint density at radius 2 is 1.81 bits per heavy atom. The summed E-state index contributed by atoms with van der Waals surface area (Å²) in [4.78, 5) is 2.41. The number of hydrogen-bond acceptors (Lipinski definition) is 3. The Bertz CT molecular complexity index is 848. The molecule has 0 spiro atoms. The molecular formula is C20H25F3N4. The number of hydrogen-bond donors (Lipinski definition) is 1. The fourth-order valence-corrected chi connectivity index (χ4v) is 4.62. The van der Waals surface area contributed by atoms with Gasteiger partial charge in [-0.25, -0.2) is 13.2 Å². The third-order valence-corrected chi connectivity index (χ3v) is 6.03. The highest BCUT2D eigenvalue weighted by atomic mass is 19.2. The average Bonchev–Trinajstić information content (AvgIpc) is 3.18. The molecule has 1 aliphatic carbocycles. The molecule has 0 saturated heterocycles. The minimum absolute atomic E-state index is 0.194. The van der Waals surface area contributed by atoms with Crippen LogP contribution in [0.4, 0.5) is 13.2 Å². The van der Waals surface area contributed by atoms with Gasteiger partial charge in [-0.15, -0.1) is 0 Å². The van der Waals surface area contributed by atoms with Crippen molar-refractivity contribution < 1.29 is 13.2 Å². The van der Waals surface area contributed by atoms with E-state index in [1.165, 1.54) is 11.3 Å². The van der Waals surface area contributed by atoms with Gasteiger partial charge in [-0.05, 0) is 44.7 Å². The molecule has 0 radical (unpaired) electrons. The van der Waals surface area contributed by atoms with Gasteiger partial charge in [0.15, 0.2) is 11.6 Å². The van der Waals surface area contributed by atoms with Gasteiger partial charge in [0.25, 0.3) is 0 Å². The van der Waals surface area contributed by atoms with Crippen molar-refractivity contribution in [3.05, 3.63) is 52.6 Å². The quantitative estimate of drug-likeness (QED) is 0.825. The van der Waals surface area contributed by atoms with Crippen LogP contribution in [-0.4, -0.2) is 26.8 Å². The lowest BCUT2D eigenvalue weighted by molar-refractivity contribution is 0.134. The summed E-state index contributed by atoms with van der Waals surface area (Å²) in [6.45, 7) is 5.93. The second kappa shape index (κ2) is 6.95. The van der Waals surface area contributed by atoms with Gasteiger partial charge < -0.3 is 5.73 Å². The Balaban J connectivity index is 1.46. The summed E-state index contributed by atoms with van der Waals surface area (Å²) in [5.41, 5.74) is 9.06. The molecule has 2 heterocycles. The van der Waals surface area contributed by atoms with Crippen molar-refractivity contribution in [3.8, 4) is 0 Å². The minimum Gasteiger partial charge on any atom is -0.327 e. The van der Waals surface area contributed by atoms with Crippen molar-refractivity contribution in [3.63, 3.8) is 0 Å². The second-order valence-corrected chi connectivity index (χ2v) is 8.08. The molecule has 2 unspecified atom stereocenters. The zero-order chi connectivity index (χ0) is 19.3. The molecule has 4 rings (SSSR count). The van der Waals surface area contributed by atoms with E-state index in [4.69, 9.17) is 5.73 Å². The van der Waals surface area contributed by atoms with Crippen molar-refractivity contribution in [1.82, 2.24) is 14.7 Å². The summed E-state index contributed by atoms with van der Waals surface area (Å²) in [5.74, 6) is -3.17. The molecule has 1 aromatic carbocycles. The van der Waals surface area contributed by atoms with Crippen molar-refractivity contribution >= 4 is 0 Å². The first-order valence-electron chi connectivity index (χ1n) is 9.54. The van der Waals surface area contributed by atoms with Gasteiger partial charge >= 0.3 is 0 Å². The predicted octanol–water partition coefficient (Wildman–Crippen LogP) is 3.86. The van der Waals surface area contributed by atoms with Crippen LogP contribution in [0.25, 0.3) is 0 Å². The van der Waals surface area contributed by atoms with Gasteiger partial charge in [-0.3, -0.25) is 9.58 Å². The van der Waals surface area contributed by atoms with Crippen LogP contribution in [0, 0.1) is 17.5 Å². The predicted molar refractivity (Wildman–Crippen MR) is 96.5 cm³/mol. The summed E-state index contributed by atoms with van der Waals surface area (Å²) in [7, 11) is 0. The summed E-state index contributed by atoms with van der Waals surface area (Å²) in [5, 5.41) is 4.47. The molecule has 1 aromatic heterocycles. The number of benzene rings is 1. The summed E-state index contributed by atoms with van der Waals surface area (Å²) < 4.78 is 43.0. The van der Waals surface area contributed by atoms with E-state index < -0.39 is 17.5 Å². The van der Waals surface area contributed by atoms with Gasteiger partial charge in [0.2, 0.25) is 0 Å². The number of rotatable bonds is 3. The monoisotopic (exact) mass is 378 g/mol. The SMILES string of the molecule is CC(C)n1ncc2c1CN(C1CC[C@H](c3cc(F)c(F)cc3F)C(N)C1)C2. The van der Waals surface area contributed by atoms with E-state index in [0.717, 1.165) is 25.6 Å². The van der Waals surface area contributed by atoms with Crippen molar-refractivity contribution in [2.24, 2.45) is 5.73 Å². The Labute approximate surface area is 157 Å². The zero-order valence-corrected chi connectivity index (χ0v) is 15.6. The molecule has 0 bridgehead atoms. The topological polar surface area (TPSA) is 47.1 Å². The lowest BCUT2D eigenvalue weighted by atomic mass is 9.77. The van der Waals surface area contributed by atoms with Gasteiger partial charge in [-0.1, -0.05) is 0 Å². The maximum atomic E-state index is 14.2. The van der Waals surface area contributed by atoms with E-state index in [1.807, 2.05) is 6.20 Å². The second-order valence-electron chi connectivity index (χ2n) is 8.08. The summed E-state index contributed by atoms with van der Waals surface area (Å²) in [6.07, 6.45) is 4.17. The van der Waals surface area contributed by atoms with Crippen LogP contribution in [0.5, 0.6) is 0 Å². The number of fused-ring (bicyclic) bond motifs is 1. The molecule has 0 amide bonds. The molecule has 2 N–H and O–H groups in total. The number of aromatic nitrogens is 2. The van der Waals surface area contributed by atoms with Crippen LogP contribution < -0.4 is 5.73 Å². The van der Waals surface area contributed by atoms with Gasteiger partial charge in [0.1, 0.15) is 5.82 Å². The highest BCUT2D eigenvalue weighted by Crippen LogP contribution is 2.38. The Morgan fingerprint density at radius 1 is 1.07 bits per heavy atom. The molecule has 3 atom stereocenters. The first-order valence-corrected chi connectivity index (χ1v) is 9.54. The average molecular weight is 378 g/mol. The third kappa shape index (κ3) is 3.27. The molecule has 1 saturated carbocycles. The molecule has 2 aliphatic rings. The van der Waals surface area contributed by atoms with E-state index in [9.17, 15) is 13.2 Å². The summed E-state index contributed by atoms with van der Waals surface area (Å²) >= 11 is 0. The highest BCUT2D eigenvalue weighted by Gasteiger charge is 2.36. The molecule has 27 heavy (non-hydrogen) atoms. The van der Waals surface area contributed by atoms with Crippen molar-refractivity contribution in [2.45, 2.75) is 70.2 Å². The lowest BCUT2D eigenvalue weighted by Gasteiger charge is -2.38. The molecule has 2 aromatic rings. The highest BCUT2D eigenvalue weighted by molar-refractivity contribution is 5.27. The van der Waals surface area contributed by atoms with Crippen LogP contribution >= 0.6 is 0 Å². The fraction of sp³-hybridized carbons (Fsp3) is 0.550. The first-order chi connectivity index (χ1) is 12.8. The van der Waals surface area contributed by atoms with E-state index >= 15 is 0 Å². The Morgan fingerprint density at radius 3 is 2.52 bits per heavy atom. The van der Waals surface area contributed by atoms with E-state index in [2.05, 4.69) is 28.5 Å². The van der Waals surface area contributed by atoms with Crippen molar-refractivity contribution in [1.29, 1.82) is 0 Å². The standard InChI is InChI=1S/C20H25F3N4/c1-11(2)27-20-10-26(9-12(20)8-25-27)13-3-4-14(19(24)5-13)15-6-17(22)18(23)7-16(15)21/h6-8,11,13-14,19H,3-5,9-10,24H2,1-2H3/t13?,14-,19?/m1/s1. The molecule has 7 heteroatoms. The third-order valence-electron chi connectivity index (χ3n) is 6.03. The largest absolute Gasteiger partial charge is 0.327 e. The van der Waals surface area contributed by atoms with Gasteiger partial charge in [-0.2, -0.15) is 5.10 Å². The molecule has 1 aliphatic heterocycles. The normalized spacial score (nSPS) is 26.0. The van der Waals surface area contributed by atoms with Crippen LogP contribution in [0.3, 0.4) is 0 Å². The van der Waals surface area contributed by atoms with Crippen molar-refractivity contribution in [2.75, 3.05) is 0 Å². The minimum atomic E-state index is -1.16. The number of nitrogens with two attached hydrogens (primary N) is 1. The van der Waals surface area contributed by atoms with E-state index in [0.29, 0.717) is 31.0 Å². The zero-order valence-electron chi connectivity index (χ0n) is 15.6. The maximum absolute atomic E-state index is 14.2. The summed E-state index contributed by atoms with van der Waals surface area (Å²) in [6, 6.07) is 1.94. The van der Waals surface area contributed by atoms with Crippen LogP contribution in [-0.2, 0) is 13.1 Å². The van der Waals surface area contributed by atoms with Crippen LogP contribution in [0.15, 0.2) is 18.3 Å². The first kappa shape index (κ1) is 18.5. The molecular weight excluding hydrogens is 353 g/mol. The Hall–Kier alpha value is -1.86. The van der Waals surface area contributed by atoms with Gasteiger partial charge in [0, 0.05) is 48.8 Å². The van der Waals surface area contributed by atoms with Gasteiger partial charge in [0.05, 0.1) is 11.9 Å². The van der Waals surface area contributed by atoms with E-state index in [-0.39, 0.29) is 17.5 Å². The number of halogens is 3. The van der Waals surface area contributed by atoms with Crippen LogP contribution in [0.2, 0.25) is 0 Å². The van der Waals surface area contributed by atoms with Crippen LogP contribution in [0.1, 0.15) is 61.9 Å². The number of nitrogens with zero attached hydrogens (tertiary/aromatic N) is 3. The molecule has 146 valence electrons. The van der Waals surface area contributed by atoms with E-state index in [1.54, 1.807) is 0 Å². The Kier molecular flexibility index (Phi) is 4.76. The lowest BCUT2D eigenvalue weighted by Crippen LogP contribution is -2.44. The molecule has 1 fully saturated rings.